The zero-order chi connectivity index (χ0) is 17.5. The molecule has 0 aliphatic heterocycles. The molecule has 0 aliphatic carbocycles. The Labute approximate surface area is 142 Å². The summed E-state index contributed by atoms with van der Waals surface area (Å²) in [6, 6.07) is 17.1. The van der Waals surface area contributed by atoms with Crippen LogP contribution in [0.1, 0.15) is 26.3 Å². The maximum atomic E-state index is 11.0. The van der Waals surface area contributed by atoms with Gasteiger partial charge in [0.05, 0.1) is 17.8 Å². The van der Waals surface area contributed by atoms with Crippen LogP contribution in [0.3, 0.4) is 0 Å². The highest BCUT2D eigenvalue weighted by molar-refractivity contribution is 5.89. The lowest BCUT2D eigenvalue weighted by Crippen LogP contribution is -2.05. The van der Waals surface area contributed by atoms with Gasteiger partial charge in [0.2, 0.25) is 5.91 Å². The first-order valence-corrected chi connectivity index (χ1v) is 8.05. The van der Waals surface area contributed by atoms with Gasteiger partial charge in [0.1, 0.15) is 0 Å². The Kier molecular flexibility index (Phi) is 6.04. The Bertz CT molecular complexity index is 827. The lowest BCUT2D eigenvalue weighted by atomic mass is 10.0. The quantitative estimate of drug-likeness (QED) is 0.752. The molecular formula is C20H22N2O2. The van der Waals surface area contributed by atoms with Crippen LogP contribution in [-0.2, 0) is 11.4 Å². The lowest BCUT2D eigenvalue weighted by Gasteiger charge is -2.09. The number of nitrogens with zero attached hydrogens (tertiary/aromatic N) is 1. The number of hydrogen-bond acceptors (Lipinski definition) is 3. The molecule has 124 valence electrons. The van der Waals surface area contributed by atoms with Gasteiger partial charge in [-0.2, -0.15) is 0 Å². The molecule has 0 fully saturated rings. The number of aliphatic hydroxyl groups excluding tert-OH is 1. The molecule has 0 saturated carbocycles. The second-order valence-electron chi connectivity index (χ2n) is 5.10. The Morgan fingerprint density at radius 1 is 1.08 bits per heavy atom. The standard InChI is InChI=1S/C18H16N2O2.C2H6/c1-12(22)19-15-8-6-13(7-9-15)18-10-14(11-21)16-4-2-3-5-17(16)20-18;1-2/h2-10,21H,11H2,1H3,(H,19,22);1-2H3. The van der Waals surface area contributed by atoms with Crippen molar-refractivity contribution in [1.82, 2.24) is 4.98 Å². The van der Waals surface area contributed by atoms with Crippen molar-refractivity contribution in [2.75, 3.05) is 5.32 Å². The maximum absolute atomic E-state index is 11.0. The number of carbonyl (C=O) groups excluding carboxylic acids is 1. The molecule has 2 aromatic carbocycles. The molecule has 2 N–H and O–H groups in total. The summed E-state index contributed by atoms with van der Waals surface area (Å²) in [5.41, 5.74) is 4.20. The normalized spacial score (nSPS) is 10.0. The van der Waals surface area contributed by atoms with Gasteiger partial charge in [-0.3, -0.25) is 4.79 Å². The van der Waals surface area contributed by atoms with Crippen LogP contribution in [0.2, 0.25) is 0 Å². The monoisotopic (exact) mass is 322 g/mol. The van der Waals surface area contributed by atoms with E-state index in [0.29, 0.717) is 0 Å². The molecule has 24 heavy (non-hydrogen) atoms. The molecule has 4 nitrogen and oxygen atoms in total. The summed E-state index contributed by atoms with van der Waals surface area (Å²) < 4.78 is 0. The number of aromatic nitrogens is 1. The molecule has 3 aromatic rings. The summed E-state index contributed by atoms with van der Waals surface area (Å²) in [5.74, 6) is -0.0980. The van der Waals surface area contributed by atoms with E-state index in [1.165, 1.54) is 6.92 Å². The van der Waals surface area contributed by atoms with Crippen molar-refractivity contribution in [2.24, 2.45) is 0 Å². The molecule has 0 unspecified atom stereocenters. The molecule has 4 heteroatoms. The average Bonchev–Trinajstić information content (AvgIpc) is 2.62. The molecule has 1 heterocycles. The lowest BCUT2D eigenvalue weighted by molar-refractivity contribution is -0.114. The molecule has 0 aliphatic rings. The van der Waals surface area contributed by atoms with Gasteiger partial charge in [0.15, 0.2) is 0 Å². The Morgan fingerprint density at radius 2 is 1.75 bits per heavy atom. The van der Waals surface area contributed by atoms with Crippen LogP contribution in [0, 0.1) is 0 Å². The van der Waals surface area contributed by atoms with Crippen LogP contribution >= 0.6 is 0 Å². The molecule has 3 rings (SSSR count). The molecule has 0 bridgehead atoms. The first-order chi connectivity index (χ1) is 11.7. The van der Waals surface area contributed by atoms with Crippen LogP contribution in [0.15, 0.2) is 54.6 Å². The number of fused-ring (bicyclic) bond motifs is 1. The van der Waals surface area contributed by atoms with E-state index in [0.717, 1.165) is 33.4 Å². The number of amides is 1. The predicted octanol–water partition coefficient (Wildman–Crippen LogP) is 4.38. The van der Waals surface area contributed by atoms with Crippen LogP contribution in [0.4, 0.5) is 5.69 Å². The Hall–Kier alpha value is -2.72. The number of hydrogen-bond donors (Lipinski definition) is 2. The third kappa shape index (κ3) is 3.97. The van der Waals surface area contributed by atoms with Crippen molar-refractivity contribution < 1.29 is 9.90 Å². The number of pyridine rings is 1. The molecular weight excluding hydrogens is 300 g/mol. The number of rotatable bonds is 3. The minimum atomic E-state index is -0.0980. The number of para-hydroxylation sites is 1. The van der Waals surface area contributed by atoms with E-state index in [9.17, 15) is 9.90 Å². The summed E-state index contributed by atoms with van der Waals surface area (Å²) in [5, 5.41) is 13.3. The summed E-state index contributed by atoms with van der Waals surface area (Å²) in [4.78, 5) is 15.7. The van der Waals surface area contributed by atoms with E-state index in [-0.39, 0.29) is 12.5 Å². The Balaban J connectivity index is 0.00000100. The third-order valence-electron chi connectivity index (χ3n) is 3.47. The van der Waals surface area contributed by atoms with Crippen molar-refractivity contribution >= 4 is 22.5 Å². The van der Waals surface area contributed by atoms with Gasteiger partial charge in [0.25, 0.3) is 0 Å². The van der Waals surface area contributed by atoms with Gasteiger partial charge in [-0.1, -0.05) is 44.2 Å². The maximum Gasteiger partial charge on any atom is 0.221 e. The minimum Gasteiger partial charge on any atom is -0.392 e. The highest BCUT2D eigenvalue weighted by Crippen LogP contribution is 2.25. The summed E-state index contributed by atoms with van der Waals surface area (Å²) >= 11 is 0. The van der Waals surface area contributed by atoms with Crippen molar-refractivity contribution in [3.05, 3.63) is 60.2 Å². The fourth-order valence-electron chi connectivity index (χ4n) is 2.45. The summed E-state index contributed by atoms with van der Waals surface area (Å²) in [6.07, 6.45) is 0. The first kappa shape index (κ1) is 17.6. The zero-order valence-electron chi connectivity index (χ0n) is 14.2. The molecule has 0 saturated heterocycles. The van der Waals surface area contributed by atoms with E-state index >= 15 is 0 Å². The van der Waals surface area contributed by atoms with Crippen LogP contribution in [-0.4, -0.2) is 16.0 Å². The molecule has 1 aromatic heterocycles. The molecule has 0 radical (unpaired) electrons. The second-order valence-corrected chi connectivity index (χ2v) is 5.10. The fraction of sp³-hybridized carbons (Fsp3) is 0.200. The van der Waals surface area contributed by atoms with Crippen LogP contribution in [0.5, 0.6) is 0 Å². The minimum absolute atomic E-state index is 0.0278. The van der Waals surface area contributed by atoms with Crippen LogP contribution < -0.4 is 5.32 Å². The van der Waals surface area contributed by atoms with Crippen molar-refractivity contribution in [2.45, 2.75) is 27.4 Å². The van der Waals surface area contributed by atoms with Gasteiger partial charge in [-0.05, 0) is 29.8 Å². The van der Waals surface area contributed by atoms with Crippen molar-refractivity contribution in [3.8, 4) is 11.3 Å². The smallest absolute Gasteiger partial charge is 0.221 e. The van der Waals surface area contributed by atoms with E-state index in [4.69, 9.17) is 0 Å². The van der Waals surface area contributed by atoms with Crippen LogP contribution in [0.25, 0.3) is 22.2 Å². The van der Waals surface area contributed by atoms with E-state index in [1.54, 1.807) is 0 Å². The zero-order valence-corrected chi connectivity index (χ0v) is 14.2. The average molecular weight is 322 g/mol. The van der Waals surface area contributed by atoms with E-state index < -0.39 is 0 Å². The SMILES string of the molecule is CC.CC(=O)Nc1ccc(-c2cc(CO)c3ccccc3n2)cc1. The summed E-state index contributed by atoms with van der Waals surface area (Å²) in [6.45, 7) is 5.45. The van der Waals surface area contributed by atoms with Gasteiger partial charge in [-0.25, -0.2) is 4.98 Å². The van der Waals surface area contributed by atoms with Gasteiger partial charge >= 0.3 is 0 Å². The number of aliphatic hydroxyl groups is 1. The van der Waals surface area contributed by atoms with Gasteiger partial charge in [0, 0.05) is 23.6 Å². The Morgan fingerprint density at radius 3 is 2.38 bits per heavy atom. The third-order valence-corrected chi connectivity index (χ3v) is 3.47. The topological polar surface area (TPSA) is 62.2 Å². The molecule has 0 atom stereocenters. The van der Waals surface area contributed by atoms with E-state index in [2.05, 4.69) is 10.3 Å². The number of benzene rings is 2. The predicted molar refractivity (Wildman–Crippen MR) is 98.8 cm³/mol. The van der Waals surface area contributed by atoms with Crippen molar-refractivity contribution in [3.63, 3.8) is 0 Å². The number of carbonyl (C=O) groups is 1. The fourth-order valence-corrected chi connectivity index (χ4v) is 2.45. The first-order valence-electron chi connectivity index (χ1n) is 8.05. The number of nitrogens with one attached hydrogen (secondary N) is 1. The summed E-state index contributed by atoms with van der Waals surface area (Å²) in [7, 11) is 0. The number of anilines is 1. The molecule has 1 amide bonds. The van der Waals surface area contributed by atoms with Crippen molar-refractivity contribution in [1.29, 1.82) is 0 Å². The van der Waals surface area contributed by atoms with Gasteiger partial charge < -0.3 is 10.4 Å². The highest BCUT2D eigenvalue weighted by Gasteiger charge is 2.07. The highest BCUT2D eigenvalue weighted by atomic mass is 16.3. The second kappa shape index (κ2) is 8.22. The van der Waals surface area contributed by atoms with E-state index in [1.807, 2.05) is 68.4 Å². The van der Waals surface area contributed by atoms with Gasteiger partial charge in [-0.15, -0.1) is 0 Å². The molecule has 0 spiro atoms. The largest absolute Gasteiger partial charge is 0.392 e.